The van der Waals surface area contributed by atoms with E-state index < -0.39 is 11.7 Å². The molecule has 0 unspecified atom stereocenters. The van der Waals surface area contributed by atoms with Crippen LogP contribution in [-0.2, 0) is 0 Å². The van der Waals surface area contributed by atoms with Gasteiger partial charge in [-0.1, -0.05) is 0 Å². The lowest BCUT2D eigenvalue weighted by Gasteiger charge is -2.08. The molecule has 0 aliphatic heterocycles. The topological polar surface area (TPSA) is 66.9 Å². The number of carbonyl (C=O) groups is 1. The highest BCUT2D eigenvalue weighted by molar-refractivity contribution is 7.14. The van der Waals surface area contributed by atoms with Crippen molar-refractivity contribution < 1.29 is 9.18 Å². The van der Waals surface area contributed by atoms with Gasteiger partial charge in [0.1, 0.15) is 11.6 Å². The molecule has 3 rings (SSSR count). The first kappa shape index (κ1) is 13.9. The summed E-state index contributed by atoms with van der Waals surface area (Å²) in [6, 6.07) is 1.18. The predicted octanol–water partition coefficient (Wildman–Crippen LogP) is 3.24. The number of nitrogens with zero attached hydrogens (tertiary/aromatic N) is 2. The van der Waals surface area contributed by atoms with Crippen LogP contribution >= 0.6 is 11.3 Å². The molecule has 1 amide bonds. The zero-order valence-corrected chi connectivity index (χ0v) is 12.3. The van der Waals surface area contributed by atoms with Gasteiger partial charge in [0, 0.05) is 17.8 Å². The fraction of sp³-hybridized carbons (Fsp3) is 0.357. The van der Waals surface area contributed by atoms with E-state index in [1.165, 1.54) is 17.4 Å². The summed E-state index contributed by atoms with van der Waals surface area (Å²) in [5, 5.41) is 8.15. The molecule has 0 radical (unpaired) electrons. The van der Waals surface area contributed by atoms with E-state index in [1.54, 1.807) is 0 Å². The zero-order chi connectivity index (χ0) is 14.8. The van der Waals surface area contributed by atoms with E-state index in [0.29, 0.717) is 23.4 Å². The average Bonchev–Trinajstić information content (AvgIpc) is 3.22. The van der Waals surface area contributed by atoms with Crippen LogP contribution in [0.4, 0.5) is 15.3 Å². The number of thiazole rings is 1. The molecule has 2 aromatic rings. The van der Waals surface area contributed by atoms with E-state index >= 15 is 0 Å². The van der Waals surface area contributed by atoms with Gasteiger partial charge in [-0.05, 0) is 25.8 Å². The van der Waals surface area contributed by atoms with E-state index in [4.69, 9.17) is 0 Å². The highest BCUT2D eigenvalue weighted by atomic mass is 32.1. The number of halogens is 1. The number of hydrogen-bond donors (Lipinski definition) is 2. The Kier molecular flexibility index (Phi) is 3.83. The summed E-state index contributed by atoms with van der Waals surface area (Å²) >= 11 is 1.39. The Bertz CT molecular complexity index is 669. The quantitative estimate of drug-likeness (QED) is 0.890. The van der Waals surface area contributed by atoms with E-state index in [2.05, 4.69) is 20.6 Å². The van der Waals surface area contributed by atoms with Gasteiger partial charge < -0.3 is 5.32 Å². The van der Waals surface area contributed by atoms with Gasteiger partial charge in [-0.15, -0.1) is 11.3 Å². The van der Waals surface area contributed by atoms with Gasteiger partial charge in [0.05, 0.1) is 17.5 Å². The maximum absolute atomic E-state index is 13.3. The molecular formula is C14H15FN4OS. The number of nitrogens with one attached hydrogen (secondary N) is 2. The van der Waals surface area contributed by atoms with Crippen molar-refractivity contribution in [2.75, 3.05) is 17.2 Å². The molecule has 110 valence electrons. The van der Waals surface area contributed by atoms with Crippen LogP contribution in [0.3, 0.4) is 0 Å². The van der Waals surface area contributed by atoms with Gasteiger partial charge in [0.25, 0.3) is 5.91 Å². The summed E-state index contributed by atoms with van der Waals surface area (Å²) in [5.41, 5.74) is 1.21. The van der Waals surface area contributed by atoms with Crippen molar-refractivity contribution in [3.05, 3.63) is 34.7 Å². The molecule has 0 saturated heterocycles. The average molecular weight is 306 g/mol. The molecule has 21 heavy (non-hydrogen) atoms. The number of amides is 1. The van der Waals surface area contributed by atoms with E-state index in [-0.39, 0.29) is 5.56 Å². The van der Waals surface area contributed by atoms with Crippen molar-refractivity contribution in [3.8, 4) is 0 Å². The highest BCUT2D eigenvalue weighted by Crippen LogP contribution is 2.40. The third-order valence-corrected chi connectivity index (χ3v) is 3.96. The Morgan fingerprint density at radius 2 is 2.33 bits per heavy atom. The third-order valence-electron chi connectivity index (χ3n) is 3.18. The Labute approximate surface area is 125 Å². The van der Waals surface area contributed by atoms with Gasteiger partial charge in [-0.2, -0.15) is 0 Å². The van der Waals surface area contributed by atoms with Crippen molar-refractivity contribution in [2.24, 2.45) is 0 Å². The normalized spacial score (nSPS) is 14.0. The van der Waals surface area contributed by atoms with E-state index in [0.717, 1.165) is 24.7 Å². The molecule has 1 saturated carbocycles. The van der Waals surface area contributed by atoms with Crippen molar-refractivity contribution in [1.29, 1.82) is 0 Å². The largest absolute Gasteiger partial charge is 0.370 e. The van der Waals surface area contributed by atoms with Crippen LogP contribution in [0.25, 0.3) is 0 Å². The van der Waals surface area contributed by atoms with Crippen molar-refractivity contribution in [1.82, 2.24) is 9.97 Å². The van der Waals surface area contributed by atoms with Crippen molar-refractivity contribution >= 4 is 28.2 Å². The van der Waals surface area contributed by atoms with E-state index in [9.17, 15) is 9.18 Å². The number of aromatic nitrogens is 2. The second kappa shape index (κ2) is 5.77. The van der Waals surface area contributed by atoms with Crippen LogP contribution in [0.1, 0.15) is 41.7 Å². The standard InChI is InChI=1S/C14H15FN4OS/c1-2-16-12-10(5-9(15)6-17-12)13(20)19-14-18-11(7-21-14)8-3-4-8/h5-8H,2-4H2,1H3,(H,16,17)(H,18,19,20). The van der Waals surface area contributed by atoms with Crippen LogP contribution in [0.2, 0.25) is 0 Å². The second-order valence-corrected chi connectivity index (χ2v) is 5.74. The molecule has 0 bridgehead atoms. The van der Waals surface area contributed by atoms with Crippen LogP contribution in [0.5, 0.6) is 0 Å². The molecule has 7 heteroatoms. The number of rotatable bonds is 5. The molecule has 2 N–H and O–H groups in total. The lowest BCUT2D eigenvalue weighted by molar-refractivity contribution is 0.102. The monoisotopic (exact) mass is 306 g/mol. The molecule has 2 heterocycles. The number of pyridine rings is 1. The van der Waals surface area contributed by atoms with Gasteiger partial charge >= 0.3 is 0 Å². The Balaban J connectivity index is 1.78. The minimum Gasteiger partial charge on any atom is -0.370 e. The number of hydrogen-bond acceptors (Lipinski definition) is 5. The molecular weight excluding hydrogens is 291 g/mol. The van der Waals surface area contributed by atoms with Crippen LogP contribution in [0, 0.1) is 5.82 Å². The maximum Gasteiger partial charge on any atom is 0.261 e. The van der Waals surface area contributed by atoms with Crippen LogP contribution in [-0.4, -0.2) is 22.4 Å². The van der Waals surface area contributed by atoms with Crippen LogP contribution in [0.15, 0.2) is 17.6 Å². The molecule has 5 nitrogen and oxygen atoms in total. The summed E-state index contributed by atoms with van der Waals surface area (Å²) in [4.78, 5) is 20.6. The molecule has 2 aromatic heterocycles. The minimum atomic E-state index is -0.542. The van der Waals surface area contributed by atoms with Gasteiger partial charge in [0.15, 0.2) is 5.13 Å². The maximum atomic E-state index is 13.3. The molecule has 1 aliphatic rings. The number of anilines is 2. The summed E-state index contributed by atoms with van der Waals surface area (Å²) in [7, 11) is 0. The molecule has 0 spiro atoms. The number of carbonyl (C=O) groups excluding carboxylic acids is 1. The minimum absolute atomic E-state index is 0.181. The Morgan fingerprint density at radius 1 is 1.52 bits per heavy atom. The van der Waals surface area contributed by atoms with E-state index in [1.807, 2.05) is 12.3 Å². The second-order valence-electron chi connectivity index (χ2n) is 4.89. The first-order chi connectivity index (χ1) is 10.2. The summed E-state index contributed by atoms with van der Waals surface area (Å²) in [5.74, 6) is -0.0373. The van der Waals surface area contributed by atoms with Crippen molar-refractivity contribution in [3.63, 3.8) is 0 Å². The molecule has 0 atom stereocenters. The summed E-state index contributed by atoms with van der Waals surface area (Å²) in [6.45, 7) is 2.48. The highest BCUT2D eigenvalue weighted by Gasteiger charge is 2.26. The lowest BCUT2D eigenvalue weighted by atomic mass is 10.2. The van der Waals surface area contributed by atoms with Gasteiger partial charge in [0.2, 0.25) is 0 Å². The Morgan fingerprint density at radius 3 is 3.05 bits per heavy atom. The first-order valence-corrected chi connectivity index (χ1v) is 7.71. The Hall–Kier alpha value is -2.02. The summed E-state index contributed by atoms with van der Waals surface area (Å²) < 4.78 is 13.3. The molecule has 0 aromatic carbocycles. The van der Waals surface area contributed by atoms with Gasteiger partial charge in [-0.25, -0.2) is 14.4 Å². The molecule has 1 aliphatic carbocycles. The third kappa shape index (κ3) is 3.18. The lowest BCUT2D eigenvalue weighted by Crippen LogP contribution is -2.16. The fourth-order valence-electron chi connectivity index (χ4n) is 2.00. The van der Waals surface area contributed by atoms with Crippen molar-refractivity contribution in [2.45, 2.75) is 25.7 Å². The SMILES string of the molecule is CCNc1ncc(F)cc1C(=O)Nc1nc(C2CC2)cs1. The molecule has 1 fully saturated rings. The van der Waals surface area contributed by atoms with Gasteiger partial charge in [-0.3, -0.25) is 10.1 Å². The fourth-order valence-corrected chi connectivity index (χ4v) is 2.78. The smallest absolute Gasteiger partial charge is 0.261 e. The first-order valence-electron chi connectivity index (χ1n) is 6.83. The zero-order valence-electron chi connectivity index (χ0n) is 11.5. The predicted molar refractivity (Wildman–Crippen MR) is 80.4 cm³/mol. The van der Waals surface area contributed by atoms with Crippen LogP contribution < -0.4 is 10.6 Å². The summed E-state index contributed by atoms with van der Waals surface area (Å²) in [6.07, 6.45) is 3.41.